The molecule has 0 atom stereocenters. The van der Waals surface area contributed by atoms with Crippen LogP contribution in [0.1, 0.15) is 42.0 Å². The highest BCUT2D eigenvalue weighted by Gasteiger charge is 2.21. The van der Waals surface area contributed by atoms with Crippen molar-refractivity contribution >= 4 is 0 Å². The first-order valence-electron chi connectivity index (χ1n) is 9.69. The molecule has 2 aromatic rings. The van der Waals surface area contributed by atoms with Gasteiger partial charge in [-0.25, -0.2) is 0 Å². The molecule has 0 aliphatic carbocycles. The van der Waals surface area contributed by atoms with E-state index in [-0.39, 0.29) is 0 Å². The minimum absolute atomic E-state index is 0.950. The van der Waals surface area contributed by atoms with Crippen LogP contribution in [0.3, 0.4) is 0 Å². The summed E-state index contributed by atoms with van der Waals surface area (Å²) in [6.07, 6.45) is 4.94. The van der Waals surface area contributed by atoms with E-state index in [2.05, 4.69) is 55.8 Å². The van der Waals surface area contributed by atoms with Crippen molar-refractivity contribution in [3.63, 3.8) is 0 Å². The number of aromatic nitrogens is 3. The molecule has 1 aromatic carbocycles. The third-order valence-electron chi connectivity index (χ3n) is 5.50. The Morgan fingerprint density at radius 2 is 1.68 bits per heavy atom. The highest BCUT2D eigenvalue weighted by Crippen LogP contribution is 2.17. The zero-order chi connectivity index (χ0) is 17.1. The standard InChI is InChI=1S/C20H29N5/c1-17-6-5-7-18(14-17)15-23-10-12-24(13-11-23)16-20-22-21-19-8-3-2-4-9-25(19)20/h5-7,14H,2-4,8-13,15-16H2,1H3. The molecule has 2 aliphatic rings. The number of piperazine rings is 1. The van der Waals surface area contributed by atoms with Crippen molar-refractivity contribution in [2.24, 2.45) is 0 Å². The highest BCUT2D eigenvalue weighted by atomic mass is 15.3. The third-order valence-corrected chi connectivity index (χ3v) is 5.50. The molecule has 5 heteroatoms. The Hall–Kier alpha value is -1.72. The van der Waals surface area contributed by atoms with E-state index in [0.29, 0.717) is 0 Å². The number of benzene rings is 1. The molecule has 1 saturated heterocycles. The lowest BCUT2D eigenvalue weighted by Gasteiger charge is -2.34. The second kappa shape index (κ2) is 7.67. The first-order chi connectivity index (χ1) is 12.3. The fourth-order valence-corrected chi connectivity index (χ4v) is 4.04. The van der Waals surface area contributed by atoms with Crippen molar-refractivity contribution in [3.05, 3.63) is 47.0 Å². The maximum Gasteiger partial charge on any atom is 0.147 e. The largest absolute Gasteiger partial charge is 0.314 e. The lowest BCUT2D eigenvalue weighted by molar-refractivity contribution is 0.118. The first-order valence-corrected chi connectivity index (χ1v) is 9.69. The van der Waals surface area contributed by atoms with Crippen LogP contribution in [0.25, 0.3) is 0 Å². The van der Waals surface area contributed by atoms with Crippen molar-refractivity contribution in [2.75, 3.05) is 26.2 Å². The van der Waals surface area contributed by atoms with Gasteiger partial charge in [-0.3, -0.25) is 9.80 Å². The van der Waals surface area contributed by atoms with Gasteiger partial charge in [-0.15, -0.1) is 10.2 Å². The minimum Gasteiger partial charge on any atom is -0.314 e. The Morgan fingerprint density at radius 1 is 0.880 bits per heavy atom. The second-order valence-electron chi connectivity index (χ2n) is 7.54. The van der Waals surface area contributed by atoms with Crippen LogP contribution in [0.2, 0.25) is 0 Å². The molecule has 5 nitrogen and oxygen atoms in total. The molecule has 0 N–H and O–H groups in total. The highest BCUT2D eigenvalue weighted by molar-refractivity contribution is 5.22. The lowest BCUT2D eigenvalue weighted by atomic mass is 10.1. The average molecular weight is 339 g/mol. The summed E-state index contributed by atoms with van der Waals surface area (Å²) in [5.41, 5.74) is 2.78. The molecule has 25 heavy (non-hydrogen) atoms. The molecule has 0 saturated carbocycles. The summed E-state index contributed by atoms with van der Waals surface area (Å²) in [5, 5.41) is 8.92. The molecule has 0 unspecified atom stereocenters. The second-order valence-corrected chi connectivity index (χ2v) is 7.54. The zero-order valence-electron chi connectivity index (χ0n) is 15.3. The minimum atomic E-state index is 0.950. The monoisotopic (exact) mass is 339 g/mol. The SMILES string of the molecule is Cc1cccc(CN2CCN(Cc3nnc4n3CCCCC4)CC2)c1. The fraction of sp³-hybridized carbons (Fsp3) is 0.600. The molecule has 2 aliphatic heterocycles. The molecular formula is C20H29N5. The Morgan fingerprint density at radius 3 is 2.48 bits per heavy atom. The average Bonchev–Trinajstić information content (AvgIpc) is 2.84. The molecule has 1 fully saturated rings. The zero-order valence-corrected chi connectivity index (χ0v) is 15.3. The first kappa shape index (κ1) is 16.7. The van der Waals surface area contributed by atoms with E-state index >= 15 is 0 Å². The van der Waals surface area contributed by atoms with E-state index in [4.69, 9.17) is 0 Å². The fourth-order valence-electron chi connectivity index (χ4n) is 4.04. The Labute approximate surface area is 150 Å². The molecule has 3 heterocycles. The normalized spacial score (nSPS) is 19.6. The van der Waals surface area contributed by atoms with Gasteiger partial charge in [0.25, 0.3) is 0 Å². The molecule has 0 bridgehead atoms. The van der Waals surface area contributed by atoms with Gasteiger partial charge in [0, 0.05) is 45.7 Å². The predicted octanol–water partition coefficient (Wildman–Crippen LogP) is 2.63. The van der Waals surface area contributed by atoms with Crippen LogP contribution >= 0.6 is 0 Å². The number of aryl methyl sites for hydroxylation is 2. The summed E-state index contributed by atoms with van der Waals surface area (Å²) in [5.74, 6) is 2.37. The van der Waals surface area contributed by atoms with Gasteiger partial charge in [0.05, 0.1) is 6.54 Å². The van der Waals surface area contributed by atoms with Gasteiger partial charge in [-0.2, -0.15) is 0 Å². The van der Waals surface area contributed by atoms with Crippen LogP contribution in [-0.4, -0.2) is 50.7 Å². The van der Waals surface area contributed by atoms with Crippen molar-refractivity contribution in [2.45, 2.75) is 52.2 Å². The smallest absolute Gasteiger partial charge is 0.147 e. The van der Waals surface area contributed by atoms with E-state index in [0.717, 1.165) is 52.2 Å². The van der Waals surface area contributed by atoms with E-state index in [1.54, 1.807) is 0 Å². The Balaban J connectivity index is 1.31. The molecular weight excluding hydrogens is 310 g/mol. The molecule has 134 valence electrons. The summed E-state index contributed by atoms with van der Waals surface area (Å²) in [4.78, 5) is 5.10. The van der Waals surface area contributed by atoms with Crippen LogP contribution in [0, 0.1) is 6.92 Å². The van der Waals surface area contributed by atoms with Crippen molar-refractivity contribution in [1.29, 1.82) is 0 Å². The van der Waals surface area contributed by atoms with Gasteiger partial charge >= 0.3 is 0 Å². The molecule has 0 amide bonds. The van der Waals surface area contributed by atoms with Crippen LogP contribution in [0.15, 0.2) is 24.3 Å². The van der Waals surface area contributed by atoms with Gasteiger partial charge in [-0.1, -0.05) is 36.2 Å². The van der Waals surface area contributed by atoms with Crippen molar-refractivity contribution < 1.29 is 0 Å². The maximum atomic E-state index is 4.49. The van der Waals surface area contributed by atoms with Gasteiger partial charge in [0.1, 0.15) is 11.6 Å². The summed E-state index contributed by atoms with van der Waals surface area (Å²) in [6.45, 7) is 9.79. The van der Waals surface area contributed by atoms with Gasteiger partial charge < -0.3 is 4.57 Å². The van der Waals surface area contributed by atoms with E-state index in [9.17, 15) is 0 Å². The van der Waals surface area contributed by atoms with Crippen molar-refractivity contribution in [1.82, 2.24) is 24.6 Å². The summed E-state index contributed by atoms with van der Waals surface area (Å²) in [6, 6.07) is 8.88. The van der Waals surface area contributed by atoms with E-state index in [1.807, 2.05) is 0 Å². The summed E-state index contributed by atoms with van der Waals surface area (Å²) in [7, 11) is 0. The molecule has 0 radical (unpaired) electrons. The van der Waals surface area contributed by atoms with Gasteiger partial charge in [0.15, 0.2) is 0 Å². The number of rotatable bonds is 4. The predicted molar refractivity (Wildman–Crippen MR) is 99.3 cm³/mol. The van der Waals surface area contributed by atoms with Gasteiger partial charge in [-0.05, 0) is 25.3 Å². The number of nitrogens with zero attached hydrogens (tertiary/aromatic N) is 5. The topological polar surface area (TPSA) is 37.2 Å². The molecule has 1 aromatic heterocycles. The maximum absolute atomic E-state index is 4.49. The quantitative estimate of drug-likeness (QED) is 0.858. The molecule has 0 spiro atoms. The number of fused-ring (bicyclic) bond motifs is 1. The van der Waals surface area contributed by atoms with E-state index < -0.39 is 0 Å². The lowest BCUT2D eigenvalue weighted by Crippen LogP contribution is -2.45. The Bertz CT molecular complexity index is 700. The van der Waals surface area contributed by atoms with Gasteiger partial charge in [0.2, 0.25) is 0 Å². The Kier molecular flexibility index (Phi) is 5.13. The third kappa shape index (κ3) is 4.10. The summed E-state index contributed by atoms with van der Waals surface area (Å²) < 4.78 is 2.38. The van der Waals surface area contributed by atoms with Crippen molar-refractivity contribution in [3.8, 4) is 0 Å². The van der Waals surface area contributed by atoms with Crippen LogP contribution < -0.4 is 0 Å². The van der Waals surface area contributed by atoms with Crippen LogP contribution in [-0.2, 0) is 26.1 Å². The van der Waals surface area contributed by atoms with E-state index in [1.165, 1.54) is 42.0 Å². The number of hydrogen-bond donors (Lipinski definition) is 0. The van der Waals surface area contributed by atoms with Crippen LogP contribution in [0.4, 0.5) is 0 Å². The van der Waals surface area contributed by atoms with Crippen LogP contribution in [0.5, 0.6) is 0 Å². The number of hydrogen-bond acceptors (Lipinski definition) is 4. The summed E-state index contributed by atoms with van der Waals surface area (Å²) >= 11 is 0. The molecule has 4 rings (SSSR count).